The summed E-state index contributed by atoms with van der Waals surface area (Å²) in [6.07, 6.45) is 0. The van der Waals surface area contributed by atoms with Gasteiger partial charge in [-0.3, -0.25) is 9.59 Å². The van der Waals surface area contributed by atoms with E-state index in [9.17, 15) is 9.59 Å². The molecule has 0 bridgehead atoms. The molecule has 0 fully saturated rings. The van der Waals surface area contributed by atoms with Crippen molar-refractivity contribution in [1.29, 1.82) is 0 Å². The second-order valence-corrected chi connectivity index (χ2v) is 7.02. The van der Waals surface area contributed by atoms with E-state index in [4.69, 9.17) is 0 Å². The molecule has 1 amide bonds. The zero-order chi connectivity index (χ0) is 19.3. The van der Waals surface area contributed by atoms with Crippen LogP contribution in [0.5, 0.6) is 0 Å². The third-order valence-corrected chi connectivity index (χ3v) is 5.08. The number of amides is 1. The SMILES string of the molecule is O=C(C(=O)N(Cc1ccccc1)Cc1ccccc1)C1CNc2ccccc21. The minimum atomic E-state index is -0.434. The Morgan fingerprint density at radius 1 is 0.786 bits per heavy atom. The third-order valence-electron chi connectivity index (χ3n) is 5.08. The summed E-state index contributed by atoms with van der Waals surface area (Å²) in [4.78, 5) is 27.9. The normalized spacial score (nSPS) is 14.8. The number of hydrogen-bond acceptors (Lipinski definition) is 3. The Kier molecular flexibility index (Phi) is 5.20. The van der Waals surface area contributed by atoms with Crippen LogP contribution < -0.4 is 5.32 Å². The lowest BCUT2D eigenvalue weighted by Crippen LogP contribution is -2.38. The molecular formula is C24H22N2O2. The summed E-state index contributed by atoms with van der Waals surface area (Å²) in [6.45, 7) is 1.28. The van der Waals surface area contributed by atoms with E-state index in [1.807, 2.05) is 84.9 Å². The van der Waals surface area contributed by atoms with Gasteiger partial charge in [-0.05, 0) is 22.8 Å². The van der Waals surface area contributed by atoms with Crippen molar-refractivity contribution in [2.75, 3.05) is 11.9 Å². The molecule has 1 aliphatic rings. The first kappa shape index (κ1) is 18.0. The molecule has 1 N–H and O–H groups in total. The number of nitrogens with zero attached hydrogens (tertiary/aromatic N) is 1. The molecule has 3 aromatic carbocycles. The maximum absolute atomic E-state index is 13.2. The van der Waals surface area contributed by atoms with E-state index in [0.717, 1.165) is 22.4 Å². The smallest absolute Gasteiger partial charge is 0.291 e. The maximum Gasteiger partial charge on any atom is 0.291 e. The quantitative estimate of drug-likeness (QED) is 0.668. The fourth-order valence-corrected chi connectivity index (χ4v) is 3.63. The van der Waals surface area contributed by atoms with Crippen LogP contribution in [0.1, 0.15) is 22.6 Å². The van der Waals surface area contributed by atoms with Gasteiger partial charge in [-0.25, -0.2) is 0 Å². The van der Waals surface area contributed by atoms with Gasteiger partial charge in [-0.2, -0.15) is 0 Å². The van der Waals surface area contributed by atoms with Crippen molar-refractivity contribution in [1.82, 2.24) is 4.90 Å². The number of rotatable bonds is 6. The Morgan fingerprint density at radius 2 is 1.32 bits per heavy atom. The Balaban J connectivity index is 1.58. The minimum absolute atomic E-state index is 0.357. The first-order valence-electron chi connectivity index (χ1n) is 9.46. The lowest BCUT2D eigenvalue weighted by atomic mass is 9.95. The van der Waals surface area contributed by atoms with Gasteiger partial charge >= 0.3 is 0 Å². The van der Waals surface area contributed by atoms with Crippen molar-refractivity contribution in [2.24, 2.45) is 0 Å². The number of carbonyl (C=O) groups excluding carboxylic acids is 2. The van der Waals surface area contributed by atoms with E-state index >= 15 is 0 Å². The van der Waals surface area contributed by atoms with Gasteiger partial charge in [0.15, 0.2) is 0 Å². The zero-order valence-corrected chi connectivity index (χ0v) is 15.5. The number of hydrogen-bond donors (Lipinski definition) is 1. The number of ketones is 1. The highest BCUT2D eigenvalue weighted by Crippen LogP contribution is 2.32. The summed E-state index contributed by atoms with van der Waals surface area (Å²) in [6, 6.07) is 27.3. The van der Waals surface area contributed by atoms with Crippen molar-refractivity contribution < 1.29 is 9.59 Å². The van der Waals surface area contributed by atoms with Crippen LogP contribution in [0, 0.1) is 0 Å². The molecule has 4 nitrogen and oxygen atoms in total. The highest BCUT2D eigenvalue weighted by atomic mass is 16.2. The highest BCUT2D eigenvalue weighted by molar-refractivity contribution is 6.38. The summed E-state index contributed by atoms with van der Waals surface area (Å²) in [7, 11) is 0. The van der Waals surface area contributed by atoms with Crippen LogP contribution in [0.15, 0.2) is 84.9 Å². The number of benzene rings is 3. The zero-order valence-electron chi connectivity index (χ0n) is 15.5. The minimum Gasteiger partial charge on any atom is -0.384 e. The molecule has 1 unspecified atom stereocenters. The predicted octanol–water partition coefficient (Wildman–Crippen LogP) is 3.99. The average molecular weight is 370 g/mol. The first-order chi connectivity index (χ1) is 13.7. The number of nitrogens with one attached hydrogen (secondary N) is 1. The topological polar surface area (TPSA) is 49.4 Å². The Bertz CT molecular complexity index is 929. The molecule has 140 valence electrons. The van der Waals surface area contributed by atoms with E-state index in [1.165, 1.54) is 0 Å². The number of fused-ring (bicyclic) bond motifs is 1. The van der Waals surface area contributed by atoms with E-state index in [1.54, 1.807) is 4.90 Å². The Labute approximate surface area is 164 Å². The van der Waals surface area contributed by atoms with E-state index < -0.39 is 11.8 Å². The molecule has 0 saturated carbocycles. The van der Waals surface area contributed by atoms with Crippen LogP contribution >= 0.6 is 0 Å². The number of carbonyl (C=O) groups is 2. The van der Waals surface area contributed by atoms with Gasteiger partial charge in [-0.15, -0.1) is 0 Å². The van der Waals surface area contributed by atoms with Gasteiger partial charge in [0, 0.05) is 25.3 Å². The summed E-state index contributed by atoms with van der Waals surface area (Å²) < 4.78 is 0. The standard InChI is InChI=1S/C24H22N2O2/c27-23(21-15-25-22-14-8-7-13-20(21)22)24(28)26(16-18-9-3-1-4-10-18)17-19-11-5-2-6-12-19/h1-14,21,25H,15-17H2. The van der Waals surface area contributed by atoms with Crippen molar-refractivity contribution >= 4 is 17.4 Å². The highest BCUT2D eigenvalue weighted by Gasteiger charge is 2.34. The monoisotopic (exact) mass is 370 g/mol. The van der Waals surface area contributed by atoms with Crippen molar-refractivity contribution in [3.63, 3.8) is 0 Å². The van der Waals surface area contributed by atoms with Crippen molar-refractivity contribution in [3.8, 4) is 0 Å². The second-order valence-electron chi connectivity index (χ2n) is 7.02. The van der Waals surface area contributed by atoms with Gasteiger partial charge in [0.05, 0.1) is 5.92 Å². The third kappa shape index (κ3) is 3.81. The van der Waals surface area contributed by atoms with Crippen LogP contribution in [0.3, 0.4) is 0 Å². The van der Waals surface area contributed by atoms with E-state index in [-0.39, 0.29) is 5.78 Å². The molecule has 0 aromatic heterocycles. The lowest BCUT2D eigenvalue weighted by molar-refractivity contribution is -0.146. The fraction of sp³-hybridized carbons (Fsp3) is 0.167. The van der Waals surface area contributed by atoms with Gasteiger partial charge < -0.3 is 10.2 Å². The van der Waals surface area contributed by atoms with Gasteiger partial charge in [0.25, 0.3) is 5.91 Å². The molecule has 0 aliphatic carbocycles. The average Bonchev–Trinajstić information content (AvgIpc) is 3.18. The maximum atomic E-state index is 13.2. The van der Waals surface area contributed by atoms with Gasteiger partial charge in [0.1, 0.15) is 0 Å². The molecule has 4 rings (SSSR count). The van der Waals surface area contributed by atoms with Crippen LogP contribution in [-0.4, -0.2) is 23.1 Å². The predicted molar refractivity (Wildman–Crippen MR) is 110 cm³/mol. The summed E-state index contributed by atoms with van der Waals surface area (Å²) in [5.41, 5.74) is 3.85. The Morgan fingerprint density at radius 3 is 1.93 bits per heavy atom. The molecule has 28 heavy (non-hydrogen) atoms. The lowest BCUT2D eigenvalue weighted by Gasteiger charge is -2.24. The second kappa shape index (κ2) is 8.09. The van der Waals surface area contributed by atoms with Crippen LogP contribution in [0.4, 0.5) is 5.69 Å². The Hall–Kier alpha value is -3.40. The molecule has 1 heterocycles. The molecule has 0 spiro atoms. The summed E-state index contributed by atoms with van der Waals surface area (Å²) >= 11 is 0. The van der Waals surface area contributed by atoms with Crippen LogP contribution in [-0.2, 0) is 22.7 Å². The first-order valence-corrected chi connectivity index (χ1v) is 9.46. The van der Waals surface area contributed by atoms with Gasteiger partial charge in [-0.1, -0.05) is 78.9 Å². The van der Waals surface area contributed by atoms with Crippen molar-refractivity contribution in [2.45, 2.75) is 19.0 Å². The number of Topliss-reactive ketones (excluding diaryl/α,β-unsaturated/α-hetero) is 1. The van der Waals surface area contributed by atoms with Crippen LogP contribution in [0.25, 0.3) is 0 Å². The molecule has 1 atom stereocenters. The summed E-state index contributed by atoms with van der Waals surface area (Å²) in [5, 5.41) is 3.23. The van der Waals surface area contributed by atoms with E-state index in [2.05, 4.69) is 5.32 Å². The largest absolute Gasteiger partial charge is 0.384 e. The molecule has 0 radical (unpaired) electrons. The number of para-hydroxylation sites is 1. The van der Waals surface area contributed by atoms with Crippen molar-refractivity contribution in [3.05, 3.63) is 102 Å². The molecule has 3 aromatic rings. The van der Waals surface area contributed by atoms with Crippen LogP contribution in [0.2, 0.25) is 0 Å². The summed E-state index contributed by atoms with van der Waals surface area (Å²) in [5.74, 6) is -1.22. The molecule has 4 heteroatoms. The fourth-order valence-electron chi connectivity index (χ4n) is 3.63. The van der Waals surface area contributed by atoms with E-state index in [0.29, 0.717) is 19.6 Å². The molecule has 0 saturated heterocycles. The molecular weight excluding hydrogens is 348 g/mol. The van der Waals surface area contributed by atoms with Gasteiger partial charge in [0.2, 0.25) is 5.78 Å². The molecule has 1 aliphatic heterocycles. The number of anilines is 1.